The van der Waals surface area contributed by atoms with Crippen molar-refractivity contribution >= 4 is 11.6 Å². The fraction of sp³-hybridized carbons (Fsp3) is 0.571. The molecule has 2 heterocycles. The van der Waals surface area contributed by atoms with Crippen LogP contribution in [0.3, 0.4) is 0 Å². The van der Waals surface area contributed by atoms with Crippen molar-refractivity contribution in [3.05, 3.63) is 21.7 Å². The topological polar surface area (TPSA) is 38.7 Å². The number of rotatable bonds is 2. The molecule has 0 amide bonds. The van der Waals surface area contributed by atoms with Gasteiger partial charge in [-0.05, 0) is 12.8 Å². The quantitative estimate of drug-likeness (QED) is 0.893. The molecule has 3 aliphatic rings. The van der Waals surface area contributed by atoms with Gasteiger partial charge >= 0.3 is 0 Å². The van der Waals surface area contributed by atoms with E-state index in [-0.39, 0.29) is 0 Å². The summed E-state index contributed by atoms with van der Waals surface area (Å²) in [6.45, 7) is 1.37. The van der Waals surface area contributed by atoms with Crippen molar-refractivity contribution in [2.24, 2.45) is 0 Å². The second-order valence-corrected chi connectivity index (χ2v) is 5.88. The van der Waals surface area contributed by atoms with Crippen molar-refractivity contribution in [1.82, 2.24) is 0 Å². The molecule has 1 aromatic carbocycles. The fourth-order valence-electron chi connectivity index (χ4n) is 2.99. The summed E-state index contributed by atoms with van der Waals surface area (Å²) in [5.74, 6) is 1.75. The van der Waals surface area contributed by atoms with Gasteiger partial charge < -0.3 is 14.6 Å². The molecule has 1 saturated carbocycles. The van der Waals surface area contributed by atoms with Gasteiger partial charge in [0, 0.05) is 36.0 Å². The predicted octanol–water partition coefficient (Wildman–Crippen LogP) is 2.28. The summed E-state index contributed by atoms with van der Waals surface area (Å²) in [6.07, 6.45) is 4.17. The zero-order valence-electron chi connectivity index (χ0n) is 10.1. The number of fused-ring (bicyclic) bond motifs is 2. The van der Waals surface area contributed by atoms with Crippen LogP contribution >= 0.6 is 11.6 Å². The Balaban J connectivity index is 1.90. The first kappa shape index (κ1) is 10.9. The van der Waals surface area contributed by atoms with E-state index in [0.717, 1.165) is 58.9 Å². The molecule has 1 fully saturated rings. The third-order valence-electron chi connectivity index (χ3n) is 4.18. The second-order valence-electron chi connectivity index (χ2n) is 5.51. The molecular formula is C14H15ClO3. The van der Waals surface area contributed by atoms with Gasteiger partial charge in [0.05, 0.1) is 23.8 Å². The third-order valence-corrected chi connectivity index (χ3v) is 4.58. The molecule has 4 rings (SSSR count). The van der Waals surface area contributed by atoms with Gasteiger partial charge in [-0.25, -0.2) is 0 Å². The highest BCUT2D eigenvalue weighted by Gasteiger charge is 2.43. The summed E-state index contributed by atoms with van der Waals surface area (Å²) >= 11 is 6.39. The van der Waals surface area contributed by atoms with Gasteiger partial charge in [0.25, 0.3) is 0 Å². The standard InChI is InChI=1S/C14H15ClO3/c15-11-9-2-6-17-12(9)10(7-14(16)3-4-14)8-1-5-18-13(8)11/h16H,1-7H2. The first-order valence-corrected chi connectivity index (χ1v) is 6.90. The summed E-state index contributed by atoms with van der Waals surface area (Å²) in [6, 6.07) is 0. The molecule has 0 aromatic heterocycles. The molecule has 1 aromatic rings. The van der Waals surface area contributed by atoms with Crippen molar-refractivity contribution in [1.29, 1.82) is 0 Å². The van der Waals surface area contributed by atoms with E-state index >= 15 is 0 Å². The van der Waals surface area contributed by atoms with Crippen LogP contribution in [-0.2, 0) is 19.3 Å². The van der Waals surface area contributed by atoms with E-state index in [1.54, 1.807) is 0 Å². The van der Waals surface area contributed by atoms with Crippen LogP contribution in [0.2, 0.25) is 5.02 Å². The van der Waals surface area contributed by atoms with Crippen LogP contribution in [0.25, 0.3) is 0 Å². The Morgan fingerprint density at radius 1 is 1.06 bits per heavy atom. The summed E-state index contributed by atoms with van der Waals surface area (Å²) in [4.78, 5) is 0. The molecular weight excluding hydrogens is 252 g/mol. The van der Waals surface area contributed by atoms with Gasteiger partial charge in [0.2, 0.25) is 0 Å². The van der Waals surface area contributed by atoms with Gasteiger partial charge in [0.15, 0.2) is 0 Å². The number of benzene rings is 1. The summed E-state index contributed by atoms with van der Waals surface area (Å²) in [7, 11) is 0. The predicted molar refractivity (Wildman–Crippen MR) is 67.7 cm³/mol. The summed E-state index contributed by atoms with van der Waals surface area (Å²) in [5, 5.41) is 10.9. The average molecular weight is 267 g/mol. The first-order valence-electron chi connectivity index (χ1n) is 6.52. The number of aliphatic hydroxyl groups is 1. The van der Waals surface area contributed by atoms with Crippen LogP contribution in [0, 0.1) is 0 Å². The van der Waals surface area contributed by atoms with E-state index in [1.807, 2.05) is 0 Å². The smallest absolute Gasteiger partial charge is 0.142 e. The molecule has 0 saturated heterocycles. The van der Waals surface area contributed by atoms with Gasteiger partial charge in [0.1, 0.15) is 11.5 Å². The maximum absolute atomic E-state index is 10.2. The lowest BCUT2D eigenvalue weighted by Crippen LogP contribution is -2.13. The number of halogens is 1. The molecule has 2 aliphatic heterocycles. The Hall–Kier alpha value is -0.930. The number of hydrogen-bond donors (Lipinski definition) is 1. The normalized spacial score (nSPS) is 22.1. The van der Waals surface area contributed by atoms with Gasteiger partial charge in [-0.1, -0.05) is 11.6 Å². The van der Waals surface area contributed by atoms with Crippen molar-refractivity contribution in [2.75, 3.05) is 13.2 Å². The number of hydrogen-bond acceptors (Lipinski definition) is 3. The molecule has 1 aliphatic carbocycles. The first-order chi connectivity index (χ1) is 8.68. The molecule has 0 bridgehead atoms. The summed E-state index contributed by atoms with van der Waals surface area (Å²) in [5.41, 5.74) is 2.85. The van der Waals surface area contributed by atoms with Crippen LogP contribution in [0.4, 0.5) is 0 Å². The average Bonchev–Trinajstić information content (AvgIpc) is 2.87. The molecule has 96 valence electrons. The van der Waals surface area contributed by atoms with E-state index in [1.165, 1.54) is 0 Å². The van der Waals surface area contributed by atoms with E-state index < -0.39 is 5.60 Å². The highest BCUT2D eigenvalue weighted by atomic mass is 35.5. The van der Waals surface area contributed by atoms with Crippen LogP contribution in [0.15, 0.2) is 0 Å². The molecule has 0 unspecified atom stereocenters. The maximum Gasteiger partial charge on any atom is 0.142 e. The molecule has 3 nitrogen and oxygen atoms in total. The van der Waals surface area contributed by atoms with Crippen molar-refractivity contribution in [3.8, 4) is 11.5 Å². The maximum atomic E-state index is 10.2. The van der Waals surface area contributed by atoms with Crippen molar-refractivity contribution < 1.29 is 14.6 Å². The zero-order valence-corrected chi connectivity index (χ0v) is 10.8. The van der Waals surface area contributed by atoms with E-state index in [0.29, 0.717) is 19.6 Å². The molecule has 0 spiro atoms. The minimum absolute atomic E-state index is 0.510. The Morgan fingerprint density at radius 2 is 1.72 bits per heavy atom. The van der Waals surface area contributed by atoms with Crippen LogP contribution < -0.4 is 9.47 Å². The van der Waals surface area contributed by atoms with Crippen LogP contribution in [0.5, 0.6) is 11.5 Å². The Bertz CT molecular complexity index is 499. The highest BCUT2D eigenvalue weighted by molar-refractivity contribution is 6.33. The van der Waals surface area contributed by atoms with Crippen LogP contribution in [-0.4, -0.2) is 23.9 Å². The van der Waals surface area contributed by atoms with Crippen molar-refractivity contribution in [3.63, 3.8) is 0 Å². The Morgan fingerprint density at radius 3 is 2.44 bits per heavy atom. The lowest BCUT2D eigenvalue weighted by Gasteiger charge is -2.17. The van der Waals surface area contributed by atoms with E-state index in [9.17, 15) is 5.11 Å². The molecule has 1 N–H and O–H groups in total. The number of ether oxygens (including phenoxy) is 2. The van der Waals surface area contributed by atoms with Gasteiger partial charge in [-0.2, -0.15) is 0 Å². The molecule has 0 radical (unpaired) electrons. The lowest BCUT2D eigenvalue weighted by molar-refractivity contribution is 0.149. The molecule has 18 heavy (non-hydrogen) atoms. The van der Waals surface area contributed by atoms with E-state index in [2.05, 4.69) is 0 Å². The van der Waals surface area contributed by atoms with E-state index in [4.69, 9.17) is 21.1 Å². The largest absolute Gasteiger partial charge is 0.493 e. The van der Waals surface area contributed by atoms with Gasteiger partial charge in [-0.15, -0.1) is 0 Å². The molecule has 4 heteroatoms. The minimum Gasteiger partial charge on any atom is -0.493 e. The Labute approximate surface area is 111 Å². The second kappa shape index (κ2) is 3.55. The third kappa shape index (κ3) is 1.47. The summed E-state index contributed by atoms with van der Waals surface area (Å²) < 4.78 is 11.4. The highest BCUT2D eigenvalue weighted by Crippen LogP contribution is 2.50. The fourth-order valence-corrected chi connectivity index (χ4v) is 3.33. The van der Waals surface area contributed by atoms with Crippen LogP contribution in [0.1, 0.15) is 29.5 Å². The SMILES string of the molecule is OC1(Cc2c3c(c(Cl)c4c2OCC4)OCC3)CC1. The lowest BCUT2D eigenvalue weighted by atomic mass is 9.94. The minimum atomic E-state index is -0.510. The zero-order chi connectivity index (χ0) is 12.3. The monoisotopic (exact) mass is 266 g/mol. The molecule has 0 atom stereocenters. The Kier molecular flexibility index (Phi) is 2.16. The van der Waals surface area contributed by atoms with Gasteiger partial charge in [-0.3, -0.25) is 0 Å². The van der Waals surface area contributed by atoms with Crippen molar-refractivity contribution in [2.45, 2.75) is 37.7 Å².